The molecule has 3 fully saturated rings. The topological polar surface area (TPSA) is 72.5 Å². The first-order valence-electron chi connectivity index (χ1n) is 10.2. The molecule has 0 aromatic carbocycles. The molecule has 2 aliphatic heterocycles. The quantitative estimate of drug-likeness (QED) is 0.445. The Kier molecular flexibility index (Phi) is 7.90. The van der Waals surface area contributed by atoms with E-state index in [1.807, 2.05) is 0 Å². The monoisotopic (exact) mass is 386 g/mol. The van der Waals surface area contributed by atoms with Crippen molar-refractivity contribution in [2.75, 3.05) is 27.9 Å². The van der Waals surface area contributed by atoms with Gasteiger partial charge in [0.1, 0.15) is 0 Å². The Labute approximate surface area is 161 Å². The highest BCUT2D eigenvalue weighted by molar-refractivity contribution is 5.68. The summed E-state index contributed by atoms with van der Waals surface area (Å²) in [6, 6.07) is 0. The molecule has 0 radical (unpaired) electrons. The summed E-state index contributed by atoms with van der Waals surface area (Å²) in [6.45, 7) is 0.770. The van der Waals surface area contributed by atoms with Crippen molar-refractivity contribution >= 4 is 5.97 Å². The third-order valence-electron chi connectivity index (χ3n) is 6.15. The molecule has 7 nitrogen and oxygen atoms in total. The molecule has 6 unspecified atom stereocenters. The second kappa shape index (κ2) is 10.2. The van der Waals surface area contributed by atoms with Crippen LogP contribution in [0.2, 0.25) is 0 Å². The van der Waals surface area contributed by atoms with E-state index in [2.05, 4.69) is 0 Å². The fourth-order valence-electron chi connectivity index (χ4n) is 4.87. The molecule has 1 saturated carbocycles. The Morgan fingerprint density at radius 1 is 1.15 bits per heavy atom. The van der Waals surface area contributed by atoms with Crippen molar-refractivity contribution in [3.05, 3.63) is 0 Å². The second-order valence-electron chi connectivity index (χ2n) is 7.79. The van der Waals surface area contributed by atoms with Crippen LogP contribution in [0.3, 0.4) is 0 Å². The molecule has 0 amide bonds. The van der Waals surface area contributed by atoms with Crippen molar-refractivity contribution in [2.45, 2.75) is 82.3 Å². The van der Waals surface area contributed by atoms with Gasteiger partial charge in [-0.2, -0.15) is 0 Å². The zero-order valence-electron chi connectivity index (χ0n) is 16.8. The first-order valence-corrected chi connectivity index (χ1v) is 10.2. The molecule has 1 aliphatic carbocycles. The predicted molar refractivity (Wildman–Crippen MR) is 97.0 cm³/mol. The third kappa shape index (κ3) is 5.21. The number of hydrogen-bond donors (Lipinski definition) is 0. The van der Waals surface area contributed by atoms with Crippen molar-refractivity contribution < 1.29 is 33.2 Å². The Morgan fingerprint density at radius 3 is 2.63 bits per heavy atom. The molecule has 2 saturated heterocycles. The number of carbonyl (C=O) groups excluding carboxylic acids is 1. The molecule has 7 heteroatoms. The minimum absolute atomic E-state index is 0.0176. The van der Waals surface area contributed by atoms with Crippen molar-refractivity contribution in [3.63, 3.8) is 0 Å². The summed E-state index contributed by atoms with van der Waals surface area (Å²) in [5, 5.41) is 0. The van der Waals surface area contributed by atoms with Crippen LogP contribution in [-0.4, -0.2) is 64.8 Å². The van der Waals surface area contributed by atoms with Crippen LogP contribution in [-0.2, 0) is 33.2 Å². The number of esters is 1. The standard InChI is InChI=1S/C20H34O7/c1-22-17(21)8-6-7-13-11-14-15(26-13)12-16(19(14)20(23-2)24-3)27-18-9-4-5-10-25-18/h13-16,18-20H,4-12H2,1-3H3. The number of carbonyl (C=O) groups is 1. The highest BCUT2D eigenvalue weighted by Crippen LogP contribution is 2.48. The van der Waals surface area contributed by atoms with Crippen LogP contribution in [0.1, 0.15) is 51.4 Å². The summed E-state index contributed by atoms with van der Waals surface area (Å²) >= 11 is 0. The van der Waals surface area contributed by atoms with E-state index >= 15 is 0 Å². The van der Waals surface area contributed by atoms with Gasteiger partial charge in [-0.1, -0.05) is 0 Å². The first kappa shape index (κ1) is 21.0. The molecule has 156 valence electrons. The summed E-state index contributed by atoms with van der Waals surface area (Å²) < 4.78 is 34.3. The van der Waals surface area contributed by atoms with E-state index in [0.717, 1.165) is 51.6 Å². The maximum absolute atomic E-state index is 11.3. The maximum Gasteiger partial charge on any atom is 0.305 e. The lowest BCUT2D eigenvalue weighted by molar-refractivity contribution is -0.227. The highest BCUT2D eigenvalue weighted by Gasteiger charge is 2.53. The van der Waals surface area contributed by atoms with Gasteiger partial charge in [0, 0.05) is 39.6 Å². The third-order valence-corrected chi connectivity index (χ3v) is 6.15. The normalized spacial score (nSPS) is 36.1. The number of rotatable bonds is 9. The van der Waals surface area contributed by atoms with E-state index < -0.39 is 0 Å². The molecule has 0 bridgehead atoms. The predicted octanol–water partition coefficient (Wildman–Crippen LogP) is 2.65. The van der Waals surface area contributed by atoms with Crippen LogP contribution < -0.4 is 0 Å². The largest absolute Gasteiger partial charge is 0.469 e. The number of ether oxygens (including phenoxy) is 6. The van der Waals surface area contributed by atoms with Gasteiger partial charge in [0.2, 0.25) is 0 Å². The Hall–Kier alpha value is -0.730. The summed E-state index contributed by atoms with van der Waals surface area (Å²) in [5.41, 5.74) is 0. The van der Waals surface area contributed by atoms with Crippen LogP contribution in [0.5, 0.6) is 0 Å². The smallest absolute Gasteiger partial charge is 0.305 e. The highest BCUT2D eigenvalue weighted by atomic mass is 16.7. The molecule has 0 aromatic rings. The summed E-state index contributed by atoms with van der Waals surface area (Å²) in [5.74, 6) is 0.304. The van der Waals surface area contributed by atoms with Gasteiger partial charge in [0.15, 0.2) is 12.6 Å². The molecule has 2 heterocycles. The second-order valence-corrected chi connectivity index (χ2v) is 7.79. The summed E-state index contributed by atoms with van der Waals surface area (Å²) in [4.78, 5) is 11.3. The molecule has 0 spiro atoms. The fraction of sp³-hybridized carbons (Fsp3) is 0.950. The maximum atomic E-state index is 11.3. The average Bonchev–Trinajstić information content (AvgIpc) is 3.21. The van der Waals surface area contributed by atoms with Gasteiger partial charge in [0.05, 0.1) is 25.4 Å². The van der Waals surface area contributed by atoms with E-state index in [0.29, 0.717) is 12.3 Å². The average molecular weight is 386 g/mol. The number of methoxy groups -OCH3 is 3. The van der Waals surface area contributed by atoms with Crippen LogP contribution in [0, 0.1) is 11.8 Å². The molecule has 6 atom stereocenters. The van der Waals surface area contributed by atoms with Gasteiger partial charge in [-0.15, -0.1) is 0 Å². The molecule has 27 heavy (non-hydrogen) atoms. The van der Waals surface area contributed by atoms with Crippen molar-refractivity contribution in [1.82, 2.24) is 0 Å². The van der Waals surface area contributed by atoms with E-state index in [4.69, 9.17) is 28.4 Å². The van der Waals surface area contributed by atoms with Gasteiger partial charge >= 0.3 is 5.97 Å². The van der Waals surface area contributed by atoms with E-state index in [1.54, 1.807) is 14.2 Å². The van der Waals surface area contributed by atoms with Gasteiger partial charge in [-0.25, -0.2) is 0 Å². The van der Waals surface area contributed by atoms with Crippen LogP contribution >= 0.6 is 0 Å². The van der Waals surface area contributed by atoms with Gasteiger partial charge in [0.25, 0.3) is 0 Å². The minimum atomic E-state index is -0.314. The van der Waals surface area contributed by atoms with Crippen molar-refractivity contribution in [2.24, 2.45) is 11.8 Å². The van der Waals surface area contributed by atoms with Crippen molar-refractivity contribution in [3.8, 4) is 0 Å². The summed E-state index contributed by atoms with van der Waals surface area (Å²) in [6.07, 6.45) is 6.99. The van der Waals surface area contributed by atoms with E-state index in [9.17, 15) is 4.79 Å². The van der Waals surface area contributed by atoms with Crippen LogP contribution in [0.25, 0.3) is 0 Å². The molecule has 0 N–H and O–H groups in total. The molecule has 3 aliphatic rings. The minimum Gasteiger partial charge on any atom is -0.469 e. The zero-order chi connectivity index (χ0) is 19.2. The van der Waals surface area contributed by atoms with E-state index in [1.165, 1.54) is 7.11 Å². The number of hydrogen-bond acceptors (Lipinski definition) is 7. The van der Waals surface area contributed by atoms with Gasteiger partial charge < -0.3 is 28.4 Å². The van der Waals surface area contributed by atoms with Gasteiger partial charge in [-0.05, 0) is 44.4 Å². The van der Waals surface area contributed by atoms with Crippen LogP contribution in [0.4, 0.5) is 0 Å². The Morgan fingerprint density at radius 2 is 1.96 bits per heavy atom. The van der Waals surface area contributed by atoms with Crippen molar-refractivity contribution in [1.29, 1.82) is 0 Å². The number of fused-ring (bicyclic) bond motifs is 1. The fourth-order valence-corrected chi connectivity index (χ4v) is 4.87. The lowest BCUT2D eigenvalue weighted by Crippen LogP contribution is -2.39. The zero-order valence-corrected chi connectivity index (χ0v) is 16.8. The summed E-state index contributed by atoms with van der Waals surface area (Å²) in [7, 11) is 4.79. The van der Waals surface area contributed by atoms with E-state index in [-0.39, 0.29) is 42.8 Å². The SMILES string of the molecule is COC(=O)CCCC1CC2C(CC(OC3CCCCO3)C2C(OC)OC)O1. The lowest BCUT2D eigenvalue weighted by Gasteiger charge is -2.33. The molecular formula is C20H34O7. The Balaban J connectivity index is 1.57. The van der Waals surface area contributed by atoms with Crippen LogP contribution in [0.15, 0.2) is 0 Å². The molecule has 0 aromatic heterocycles. The molecular weight excluding hydrogens is 352 g/mol. The van der Waals surface area contributed by atoms with Gasteiger partial charge in [-0.3, -0.25) is 4.79 Å². The first-order chi connectivity index (χ1) is 13.2. The Bertz CT molecular complexity index is 461. The molecule has 3 rings (SSSR count). The lowest BCUT2D eigenvalue weighted by atomic mass is 9.89.